The van der Waals surface area contributed by atoms with Gasteiger partial charge in [-0.05, 0) is 67.1 Å². The van der Waals surface area contributed by atoms with E-state index in [1.807, 2.05) is 0 Å². The van der Waals surface area contributed by atoms with Gasteiger partial charge in [0.15, 0.2) is 0 Å². The first-order valence-corrected chi connectivity index (χ1v) is 12.0. The van der Waals surface area contributed by atoms with Gasteiger partial charge in [-0.25, -0.2) is 4.79 Å². The van der Waals surface area contributed by atoms with E-state index in [0.717, 1.165) is 5.56 Å². The monoisotopic (exact) mass is 517 g/mol. The number of anilines is 3. The minimum Gasteiger partial charge on any atom is -0.462 e. The van der Waals surface area contributed by atoms with Crippen molar-refractivity contribution in [1.82, 2.24) is 0 Å². The van der Waals surface area contributed by atoms with E-state index in [2.05, 4.69) is 10.6 Å². The molecule has 9 heteroatoms. The molecule has 0 fully saturated rings. The Bertz CT molecular complexity index is 1350. The highest BCUT2D eigenvalue weighted by Crippen LogP contribution is 2.33. The lowest BCUT2D eigenvalue weighted by molar-refractivity contribution is -0.124. The second-order valence-electron chi connectivity index (χ2n) is 8.17. The third-order valence-corrected chi connectivity index (χ3v) is 5.87. The Balaban J connectivity index is 1.53. The molecule has 0 saturated heterocycles. The van der Waals surface area contributed by atoms with Crippen LogP contribution in [0.3, 0.4) is 0 Å². The van der Waals surface area contributed by atoms with Gasteiger partial charge >= 0.3 is 5.97 Å². The van der Waals surface area contributed by atoms with Crippen LogP contribution >= 0.6 is 11.6 Å². The SMILES string of the molecule is CCOC(=O)c1ccc(NC(=O)CC2C(=O)Nc3ccccc3N2C(=O)C=Cc2ccc(Cl)cc2)cc1. The number of esters is 1. The van der Waals surface area contributed by atoms with Crippen LogP contribution in [0, 0.1) is 0 Å². The van der Waals surface area contributed by atoms with Gasteiger partial charge < -0.3 is 15.4 Å². The molecule has 0 saturated carbocycles. The quantitative estimate of drug-likeness (QED) is 0.342. The van der Waals surface area contributed by atoms with Crippen LogP contribution in [-0.4, -0.2) is 36.3 Å². The number of hydrogen-bond donors (Lipinski definition) is 2. The molecule has 0 bridgehead atoms. The number of nitrogens with one attached hydrogen (secondary N) is 2. The highest BCUT2D eigenvalue weighted by atomic mass is 35.5. The standard InChI is InChI=1S/C28H24ClN3O5/c1-2-37-28(36)19-10-14-21(15-11-19)30-25(33)17-24-27(35)31-22-5-3-4-6-23(22)32(24)26(34)16-9-18-7-12-20(29)13-8-18/h3-16,24H,2,17H2,1H3,(H,30,33)(H,31,35). The summed E-state index contributed by atoms with van der Waals surface area (Å²) >= 11 is 5.93. The summed E-state index contributed by atoms with van der Waals surface area (Å²) in [6.07, 6.45) is 2.70. The molecule has 8 nitrogen and oxygen atoms in total. The van der Waals surface area contributed by atoms with Crippen molar-refractivity contribution in [3.63, 3.8) is 0 Å². The van der Waals surface area contributed by atoms with Crippen molar-refractivity contribution in [2.24, 2.45) is 0 Å². The van der Waals surface area contributed by atoms with Gasteiger partial charge in [-0.15, -0.1) is 0 Å². The van der Waals surface area contributed by atoms with Crippen LogP contribution in [0.5, 0.6) is 0 Å². The molecular formula is C28H24ClN3O5. The van der Waals surface area contributed by atoms with Crippen LogP contribution in [0.25, 0.3) is 6.08 Å². The van der Waals surface area contributed by atoms with Crippen LogP contribution in [0.4, 0.5) is 17.1 Å². The lowest BCUT2D eigenvalue weighted by Crippen LogP contribution is -2.52. The van der Waals surface area contributed by atoms with Gasteiger partial charge in [-0.1, -0.05) is 35.9 Å². The molecule has 188 valence electrons. The number of amides is 3. The Hall–Kier alpha value is -4.43. The summed E-state index contributed by atoms with van der Waals surface area (Å²) in [5.74, 6) is -1.85. The molecule has 4 rings (SSSR count). The maximum Gasteiger partial charge on any atom is 0.338 e. The van der Waals surface area contributed by atoms with Gasteiger partial charge in [0, 0.05) is 16.8 Å². The van der Waals surface area contributed by atoms with Crippen LogP contribution < -0.4 is 15.5 Å². The Morgan fingerprint density at radius 1 is 1.03 bits per heavy atom. The minimum absolute atomic E-state index is 0.258. The minimum atomic E-state index is -1.07. The first kappa shape index (κ1) is 25.7. The average Bonchev–Trinajstić information content (AvgIpc) is 2.89. The number of ether oxygens (including phenoxy) is 1. The zero-order valence-corrected chi connectivity index (χ0v) is 20.7. The van der Waals surface area contributed by atoms with E-state index in [9.17, 15) is 19.2 Å². The molecule has 3 aromatic carbocycles. The largest absolute Gasteiger partial charge is 0.462 e. The number of benzene rings is 3. The van der Waals surface area contributed by atoms with Crippen LogP contribution in [0.2, 0.25) is 5.02 Å². The summed E-state index contributed by atoms with van der Waals surface area (Å²) in [6.45, 7) is 1.97. The fourth-order valence-corrected chi connectivity index (χ4v) is 3.99. The van der Waals surface area contributed by atoms with E-state index >= 15 is 0 Å². The Kier molecular flexibility index (Phi) is 8.00. The molecule has 1 heterocycles. The highest BCUT2D eigenvalue weighted by Gasteiger charge is 2.37. The van der Waals surface area contributed by atoms with Crippen molar-refractivity contribution >= 4 is 58.4 Å². The first-order valence-electron chi connectivity index (χ1n) is 11.6. The Morgan fingerprint density at radius 3 is 2.43 bits per heavy atom. The van der Waals surface area contributed by atoms with Crippen molar-refractivity contribution in [3.05, 3.63) is 95.0 Å². The molecule has 3 amide bonds. The fraction of sp³-hybridized carbons (Fsp3) is 0.143. The predicted molar refractivity (Wildman–Crippen MR) is 142 cm³/mol. The topological polar surface area (TPSA) is 105 Å². The third kappa shape index (κ3) is 6.23. The lowest BCUT2D eigenvalue weighted by atomic mass is 10.0. The Labute approximate surface area is 218 Å². The summed E-state index contributed by atoms with van der Waals surface area (Å²) in [7, 11) is 0. The van der Waals surface area contributed by atoms with Gasteiger partial charge in [-0.2, -0.15) is 0 Å². The number of fused-ring (bicyclic) bond motifs is 1. The van der Waals surface area contributed by atoms with E-state index in [0.29, 0.717) is 27.6 Å². The molecule has 2 N–H and O–H groups in total. The second kappa shape index (κ2) is 11.5. The lowest BCUT2D eigenvalue weighted by Gasteiger charge is -2.35. The predicted octanol–water partition coefficient (Wildman–Crippen LogP) is 4.91. The van der Waals surface area contributed by atoms with Gasteiger partial charge in [0.05, 0.1) is 30.0 Å². The molecule has 3 aromatic rings. The molecule has 37 heavy (non-hydrogen) atoms. The van der Waals surface area contributed by atoms with E-state index in [4.69, 9.17) is 16.3 Å². The number of para-hydroxylation sites is 2. The number of carbonyl (C=O) groups is 4. The first-order chi connectivity index (χ1) is 17.9. The molecule has 0 radical (unpaired) electrons. The number of nitrogens with zero attached hydrogens (tertiary/aromatic N) is 1. The van der Waals surface area contributed by atoms with Crippen molar-refractivity contribution < 1.29 is 23.9 Å². The second-order valence-corrected chi connectivity index (χ2v) is 8.60. The highest BCUT2D eigenvalue weighted by molar-refractivity contribution is 6.30. The van der Waals surface area contributed by atoms with E-state index in [1.165, 1.54) is 23.1 Å². The number of hydrogen-bond acceptors (Lipinski definition) is 5. The van der Waals surface area contributed by atoms with Crippen LogP contribution in [0.1, 0.15) is 29.3 Å². The van der Waals surface area contributed by atoms with E-state index < -0.39 is 29.7 Å². The molecule has 0 aromatic heterocycles. The van der Waals surface area contributed by atoms with E-state index in [-0.39, 0.29) is 13.0 Å². The molecule has 1 atom stereocenters. The summed E-state index contributed by atoms with van der Waals surface area (Å²) < 4.78 is 4.96. The van der Waals surface area contributed by atoms with Gasteiger partial charge in [0.25, 0.3) is 5.91 Å². The number of halogens is 1. The van der Waals surface area contributed by atoms with E-state index in [1.54, 1.807) is 73.7 Å². The van der Waals surface area contributed by atoms with Crippen molar-refractivity contribution in [3.8, 4) is 0 Å². The fourth-order valence-electron chi connectivity index (χ4n) is 3.86. The summed E-state index contributed by atoms with van der Waals surface area (Å²) in [6, 6.07) is 19.0. The molecule has 1 aliphatic rings. The number of rotatable bonds is 7. The van der Waals surface area contributed by atoms with Crippen molar-refractivity contribution in [2.75, 3.05) is 22.1 Å². The molecule has 1 aliphatic heterocycles. The third-order valence-electron chi connectivity index (χ3n) is 5.62. The molecule has 1 unspecified atom stereocenters. The van der Waals surface area contributed by atoms with Gasteiger partial charge in [0.1, 0.15) is 6.04 Å². The summed E-state index contributed by atoms with van der Waals surface area (Å²) in [5, 5.41) is 6.06. The summed E-state index contributed by atoms with van der Waals surface area (Å²) in [4.78, 5) is 52.3. The molecule has 0 aliphatic carbocycles. The summed E-state index contributed by atoms with van der Waals surface area (Å²) in [5.41, 5.74) is 2.52. The van der Waals surface area contributed by atoms with Crippen molar-refractivity contribution in [1.29, 1.82) is 0 Å². The van der Waals surface area contributed by atoms with Crippen LogP contribution in [0.15, 0.2) is 78.9 Å². The molecule has 0 spiro atoms. The van der Waals surface area contributed by atoms with Gasteiger partial charge in [-0.3, -0.25) is 19.3 Å². The zero-order valence-electron chi connectivity index (χ0n) is 19.9. The van der Waals surface area contributed by atoms with Crippen molar-refractivity contribution in [2.45, 2.75) is 19.4 Å². The number of carbonyl (C=O) groups excluding carboxylic acids is 4. The normalized spacial score (nSPS) is 14.6. The maximum absolute atomic E-state index is 13.3. The van der Waals surface area contributed by atoms with Gasteiger partial charge in [0.2, 0.25) is 11.8 Å². The average molecular weight is 518 g/mol. The van der Waals surface area contributed by atoms with Crippen LogP contribution in [-0.2, 0) is 19.1 Å². The Morgan fingerprint density at radius 2 is 1.73 bits per heavy atom. The maximum atomic E-state index is 13.3. The molecular weight excluding hydrogens is 494 g/mol. The zero-order chi connectivity index (χ0) is 26.4. The smallest absolute Gasteiger partial charge is 0.338 e.